The lowest BCUT2D eigenvalue weighted by Gasteiger charge is -2.24. The fourth-order valence-electron chi connectivity index (χ4n) is 1.93. The molecule has 1 unspecified atom stereocenters. The maximum Gasteiger partial charge on any atom is 0.387 e. The van der Waals surface area contributed by atoms with Crippen LogP contribution >= 0.6 is 12.4 Å². The molecule has 0 saturated carbocycles. The molecule has 2 nitrogen and oxygen atoms in total. The third kappa shape index (κ3) is 2.83. The highest BCUT2D eigenvalue weighted by molar-refractivity contribution is 5.85. The molecule has 1 N–H and O–H groups in total. The first-order valence-corrected chi connectivity index (χ1v) is 4.98. The summed E-state index contributed by atoms with van der Waals surface area (Å²) in [6.07, 6.45) is 0.861. The van der Waals surface area contributed by atoms with E-state index in [2.05, 4.69) is 17.0 Å². The van der Waals surface area contributed by atoms with Gasteiger partial charge in [-0.25, -0.2) is 0 Å². The van der Waals surface area contributed by atoms with Gasteiger partial charge in [-0.1, -0.05) is 6.07 Å². The standard InChI is InChI=1S/C11H13F2NO.ClH/c1-7-10-3-2-9(15-11(12)13)6-8(10)4-5-14-7;/h2-3,6-7,11,14H,4-5H2,1H3;1H. The minimum absolute atomic E-state index is 0. The average Bonchev–Trinajstić information content (AvgIpc) is 2.17. The lowest BCUT2D eigenvalue weighted by molar-refractivity contribution is -0.0499. The van der Waals surface area contributed by atoms with Crippen molar-refractivity contribution in [1.82, 2.24) is 5.32 Å². The van der Waals surface area contributed by atoms with Crippen LogP contribution in [0.4, 0.5) is 8.78 Å². The van der Waals surface area contributed by atoms with E-state index in [1.165, 1.54) is 5.56 Å². The van der Waals surface area contributed by atoms with E-state index in [1.54, 1.807) is 12.1 Å². The van der Waals surface area contributed by atoms with E-state index in [0.29, 0.717) is 0 Å². The molecule has 1 aromatic carbocycles. The normalized spacial score (nSPS) is 18.9. The number of hydrogen-bond acceptors (Lipinski definition) is 2. The van der Waals surface area contributed by atoms with Crippen LogP contribution in [-0.2, 0) is 6.42 Å². The van der Waals surface area contributed by atoms with Gasteiger partial charge in [-0.2, -0.15) is 8.78 Å². The van der Waals surface area contributed by atoms with Crippen LogP contribution in [0.25, 0.3) is 0 Å². The molecule has 1 heterocycles. The molecule has 0 amide bonds. The number of hydrogen-bond donors (Lipinski definition) is 1. The molecule has 0 saturated heterocycles. The SMILES string of the molecule is CC1NCCc2cc(OC(F)F)ccc21.Cl. The number of ether oxygens (including phenoxy) is 1. The van der Waals surface area contributed by atoms with E-state index < -0.39 is 6.61 Å². The van der Waals surface area contributed by atoms with Crippen LogP contribution in [0.2, 0.25) is 0 Å². The van der Waals surface area contributed by atoms with Crippen LogP contribution in [0.1, 0.15) is 24.1 Å². The van der Waals surface area contributed by atoms with Gasteiger partial charge >= 0.3 is 6.61 Å². The Morgan fingerprint density at radius 1 is 1.44 bits per heavy atom. The minimum Gasteiger partial charge on any atom is -0.435 e. The topological polar surface area (TPSA) is 21.3 Å². The highest BCUT2D eigenvalue weighted by atomic mass is 35.5. The molecule has 1 aliphatic heterocycles. The molecule has 0 radical (unpaired) electrons. The molecular weight excluding hydrogens is 236 g/mol. The van der Waals surface area contributed by atoms with Gasteiger partial charge in [0.05, 0.1) is 0 Å². The van der Waals surface area contributed by atoms with Gasteiger partial charge in [0.25, 0.3) is 0 Å². The van der Waals surface area contributed by atoms with Gasteiger partial charge in [0.15, 0.2) is 0 Å². The Morgan fingerprint density at radius 3 is 2.88 bits per heavy atom. The Balaban J connectivity index is 0.00000128. The van der Waals surface area contributed by atoms with Gasteiger partial charge in [-0.3, -0.25) is 0 Å². The molecule has 0 fully saturated rings. The molecule has 0 bridgehead atoms. The van der Waals surface area contributed by atoms with Crippen LogP contribution < -0.4 is 10.1 Å². The van der Waals surface area contributed by atoms with Crippen molar-refractivity contribution in [2.24, 2.45) is 0 Å². The van der Waals surface area contributed by atoms with Crippen LogP contribution in [0.5, 0.6) is 5.75 Å². The zero-order valence-corrected chi connectivity index (χ0v) is 9.69. The molecule has 1 atom stereocenters. The highest BCUT2D eigenvalue weighted by Gasteiger charge is 2.16. The average molecular weight is 250 g/mol. The predicted octanol–water partition coefficient (Wildman–Crippen LogP) is 2.92. The number of benzene rings is 1. The molecule has 0 aromatic heterocycles. The Labute approximate surface area is 99.4 Å². The van der Waals surface area contributed by atoms with Gasteiger partial charge < -0.3 is 10.1 Å². The summed E-state index contributed by atoms with van der Waals surface area (Å²) >= 11 is 0. The lowest BCUT2D eigenvalue weighted by Crippen LogP contribution is -2.27. The lowest BCUT2D eigenvalue weighted by atomic mass is 9.95. The maximum absolute atomic E-state index is 12.0. The van der Waals surface area contributed by atoms with Crippen molar-refractivity contribution in [3.05, 3.63) is 29.3 Å². The van der Waals surface area contributed by atoms with Gasteiger partial charge in [0, 0.05) is 6.04 Å². The molecule has 16 heavy (non-hydrogen) atoms. The van der Waals surface area contributed by atoms with Gasteiger partial charge in [-0.15, -0.1) is 12.4 Å². The summed E-state index contributed by atoms with van der Waals surface area (Å²) in [5, 5.41) is 3.31. The first kappa shape index (κ1) is 13.2. The van der Waals surface area contributed by atoms with Crippen LogP contribution in [-0.4, -0.2) is 13.2 Å². The van der Waals surface area contributed by atoms with E-state index in [-0.39, 0.29) is 24.2 Å². The second kappa shape index (κ2) is 5.46. The van der Waals surface area contributed by atoms with Gasteiger partial charge in [0.1, 0.15) is 5.75 Å². The summed E-state index contributed by atoms with van der Waals surface area (Å²) in [6, 6.07) is 5.44. The second-order valence-electron chi connectivity index (χ2n) is 3.66. The Hall–Kier alpha value is -0.870. The van der Waals surface area contributed by atoms with E-state index in [9.17, 15) is 8.78 Å². The number of nitrogens with one attached hydrogen (secondary N) is 1. The van der Waals surface area contributed by atoms with Crippen molar-refractivity contribution < 1.29 is 13.5 Å². The van der Waals surface area contributed by atoms with Crippen molar-refractivity contribution in [2.75, 3.05) is 6.54 Å². The van der Waals surface area contributed by atoms with Gasteiger partial charge in [-0.05, 0) is 43.1 Å². The first-order chi connectivity index (χ1) is 7.16. The summed E-state index contributed by atoms with van der Waals surface area (Å²) in [4.78, 5) is 0. The first-order valence-electron chi connectivity index (χ1n) is 4.98. The Kier molecular flexibility index (Phi) is 4.50. The zero-order valence-electron chi connectivity index (χ0n) is 8.87. The second-order valence-corrected chi connectivity index (χ2v) is 3.66. The van der Waals surface area contributed by atoms with Crippen molar-refractivity contribution in [2.45, 2.75) is 26.0 Å². The van der Waals surface area contributed by atoms with E-state index in [4.69, 9.17) is 0 Å². The monoisotopic (exact) mass is 249 g/mol. The summed E-state index contributed by atoms with van der Waals surface area (Å²) in [7, 11) is 0. The van der Waals surface area contributed by atoms with Crippen LogP contribution in [0.15, 0.2) is 18.2 Å². The molecule has 0 aliphatic carbocycles. The van der Waals surface area contributed by atoms with Gasteiger partial charge in [0.2, 0.25) is 0 Å². The predicted molar refractivity (Wildman–Crippen MR) is 60.4 cm³/mol. The van der Waals surface area contributed by atoms with Crippen LogP contribution in [0.3, 0.4) is 0 Å². The molecule has 2 rings (SSSR count). The fraction of sp³-hybridized carbons (Fsp3) is 0.455. The minimum atomic E-state index is -2.75. The highest BCUT2D eigenvalue weighted by Crippen LogP contribution is 2.26. The summed E-state index contributed by atoms with van der Waals surface area (Å²) < 4.78 is 28.4. The number of rotatable bonds is 2. The van der Waals surface area contributed by atoms with Crippen molar-refractivity contribution >= 4 is 12.4 Å². The van der Waals surface area contributed by atoms with E-state index in [0.717, 1.165) is 18.5 Å². The van der Waals surface area contributed by atoms with Crippen molar-refractivity contribution in [1.29, 1.82) is 0 Å². The summed E-state index contributed by atoms with van der Waals surface area (Å²) in [5.74, 6) is 0.248. The molecule has 1 aromatic rings. The quantitative estimate of drug-likeness (QED) is 0.870. The smallest absolute Gasteiger partial charge is 0.387 e. The van der Waals surface area contributed by atoms with Crippen molar-refractivity contribution in [3.63, 3.8) is 0 Å². The third-order valence-electron chi connectivity index (χ3n) is 2.65. The van der Waals surface area contributed by atoms with Crippen LogP contribution in [0, 0.1) is 0 Å². The number of halogens is 3. The summed E-state index contributed by atoms with van der Waals surface area (Å²) in [5.41, 5.74) is 2.27. The number of fused-ring (bicyclic) bond motifs is 1. The Morgan fingerprint density at radius 2 is 2.19 bits per heavy atom. The molecule has 1 aliphatic rings. The van der Waals surface area contributed by atoms with E-state index >= 15 is 0 Å². The zero-order chi connectivity index (χ0) is 10.8. The summed E-state index contributed by atoms with van der Waals surface area (Å²) in [6.45, 7) is 0.194. The molecule has 5 heteroatoms. The fourth-order valence-corrected chi connectivity index (χ4v) is 1.93. The van der Waals surface area contributed by atoms with Crippen molar-refractivity contribution in [3.8, 4) is 5.75 Å². The molecule has 0 spiro atoms. The number of alkyl halides is 2. The maximum atomic E-state index is 12.0. The molecule has 90 valence electrons. The largest absolute Gasteiger partial charge is 0.435 e. The van der Waals surface area contributed by atoms with E-state index in [1.807, 2.05) is 6.07 Å². The Bertz CT molecular complexity index is 360. The third-order valence-corrected chi connectivity index (χ3v) is 2.65. The molecular formula is C11H14ClF2NO.